The third-order valence-electron chi connectivity index (χ3n) is 5.50. The summed E-state index contributed by atoms with van der Waals surface area (Å²) in [4.78, 5) is 18.0. The van der Waals surface area contributed by atoms with Gasteiger partial charge in [-0.05, 0) is 55.9 Å². The third kappa shape index (κ3) is 7.08. The van der Waals surface area contributed by atoms with Gasteiger partial charge in [-0.2, -0.15) is 11.8 Å². The predicted molar refractivity (Wildman–Crippen MR) is 108 cm³/mol. The topological polar surface area (TPSA) is 56.7 Å². The van der Waals surface area contributed by atoms with Gasteiger partial charge in [0.05, 0.1) is 0 Å². The van der Waals surface area contributed by atoms with Crippen LogP contribution in [0.25, 0.3) is 0 Å². The number of nitrogens with one attached hydrogen (secondary N) is 2. The van der Waals surface area contributed by atoms with Gasteiger partial charge in [0, 0.05) is 26.7 Å². The van der Waals surface area contributed by atoms with E-state index in [2.05, 4.69) is 21.9 Å². The summed E-state index contributed by atoms with van der Waals surface area (Å²) in [5.41, 5.74) is 0. The van der Waals surface area contributed by atoms with Gasteiger partial charge >= 0.3 is 0 Å². The van der Waals surface area contributed by atoms with Gasteiger partial charge in [0.15, 0.2) is 5.96 Å². The van der Waals surface area contributed by atoms with Crippen molar-refractivity contribution in [2.24, 2.45) is 16.8 Å². The van der Waals surface area contributed by atoms with Crippen molar-refractivity contribution in [2.45, 2.75) is 57.4 Å². The van der Waals surface area contributed by atoms with Crippen molar-refractivity contribution in [1.82, 2.24) is 15.5 Å². The van der Waals surface area contributed by atoms with Crippen molar-refractivity contribution in [3.63, 3.8) is 0 Å². The zero-order valence-corrected chi connectivity index (χ0v) is 17.0. The van der Waals surface area contributed by atoms with Gasteiger partial charge in [0.25, 0.3) is 0 Å². The fraction of sp³-hybridized carbons (Fsp3) is 0.895. The summed E-state index contributed by atoms with van der Waals surface area (Å²) in [7, 11) is 3.56. The van der Waals surface area contributed by atoms with E-state index in [0.717, 1.165) is 30.8 Å². The molecule has 0 spiro atoms. The molecule has 144 valence electrons. The lowest BCUT2D eigenvalue weighted by atomic mass is 9.95. The van der Waals surface area contributed by atoms with E-state index in [1.165, 1.54) is 50.7 Å². The van der Waals surface area contributed by atoms with Crippen molar-refractivity contribution in [3.8, 4) is 0 Å². The zero-order chi connectivity index (χ0) is 18.1. The van der Waals surface area contributed by atoms with Gasteiger partial charge < -0.3 is 15.5 Å². The van der Waals surface area contributed by atoms with Gasteiger partial charge in [-0.1, -0.05) is 19.3 Å². The maximum absolute atomic E-state index is 11.9. The second-order valence-corrected chi connectivity index (χ2v) is 8.70. The van der Waals surface area contributed by atoms with E-state index in [4.69, 9.17) is 0 Å². The number of nitrogens with zero attached hydrogens (tertiary/aromatic N) is 2. The lowest BCUT2D eigenvalue weighted by Crippen LogP contribution is -2.46. The highest BCUT2D eigenvalue weighted by Crippen LogP contribution is 2.44. The third-order valence-corrected chi connectivity index (χ3v) is 6.20. The molecule has 2 rings (SSSR count). The Bertz CT molecular complexity index is 441. The Kier molecular flexibility index (Phi) is 8.93. The summed E-state index contributed by atoms with van der Waals surface area (Å²) in [6, 6.07) is 0.543. The van der Waals surface area contributed by atoms with Crippen molar-refractivity contribution in [3.05, 3.63) is 0 Å². The Morgan fingerprint density at radius 3 is 2.60 bits per heavy atom. The number of unbranched alkanes of at least 4 members (excludes halogenated alkanes) is 3. The number of rotatable bonds is 10. The van der Waals surface area contributed by atoms with Crippen molar-refractivity contribution in [2.75, 3.05) is 39.2 Å². The summed E-state index contributed by atoms with van der Waals surface area (Å²) < 4.78 is 0. The first-order valence-corrected chi connectivity index (χ1v) is 11.2. The summed E-state index contributed by atoms with van der Waals surface area (Å²) >= 11 is 1.92. The number of amides is 1. The number of hydrogen-bond donors (Lipinski definition) is 2. The standard InChI is InChI=1S/C19H36N4OS/c1-23(2)18(24)14-21-19(20-10-6-4-5-7-11-25-3)22-17-13-15-8-9-16(17)12-15/h15-17H,4-14H2,1-3H3,(H2,20,21,22). The number of carbonyl (C=O) groups excluding carboxylic acids is 1. The van der Waals surface area contributed by atoms with E-state index >= 15 is 0 Å². The number of carbonyl (C=O) groups is 1. The lowest BCUT2D eigenvalue weighted by Gasteiger charge is -2.25. The zero-order valence-electron chi connectivity index (χ0n) is 16.2. The monoisotopic (exact) mass is 368 g/mol. The maximum Gasteiger partial charge on any atom is 0.243 e. The van der Waals surface area contributed by atoms with E-state index in [1.54, 1.807) is 19.0 Å². The molecule has 2 aliphatic carbocycles. The number of likely N-dealkylation sites (N-methyl/N-ethyl adjacent to an activating group) is 1. The van der Waals surface area contributed by atoms with Crippen molar-refractivity contribution >= 4 is 23.6 Å². The normalized spacial score (nSPS) is 25.2. The number of aliphatic imine (C=N–C) groups is 1. The Morgan fingerprint density at radius 2 is 1.96 bits per heavy atom. The van der Waals surface area contributed by atoms with Crippen LogP contribution in [0.2, 0.25) is 0 Å². The first-order valence-electron chi connectivity index (χ1n) is 9.84. The molecule has 0 radical (unpaired) electrons. The minimum absolute atomic E-state index is 0.0473. The molecule has 2 aliphatic rings. The SMILES string of the molecule is CSCCCCCCNC(=NCC(=O)N(C)C)NC1CC2CCC1C2. The molecule has 0 heterocycles. The average Bonchev–Trinajstić information content (AvgIpc) is 3.21. The van der Waals surface area contributed by atoms with E-state index in [1.807, 2.05) is 11.8 Å². The van der Waals surface area contributed by atoms with Gasteiger partial charge in [-0.25, -0.2) is 4.99 Å². The molecular weight excluding hydrogens is 332 g/mol. The quantitative estimate of drug-likeness (QED) is 0.354. The van der Waals surface area contributed by atoms with Crippen molar-refractivity contribution < 1.29 is 4.79 Å². The molecule has 2 bridgehead atoms. The molecule has 0 aromatic carbocycles. The van der Waals surface area contributed by atoms with E-state index in [9.17, 15) is 4.79 Å². The molecule has 2 fully saturated rings. The Balaban J connectivity index is 1.75. The highest BCUT2D eigenvalue weighted by molar-refractivity contribution is 7.98. The molecule has 5 nitrogen and oxygen atoms in total. The van der Waals surface area contributed by atoms with Crippen LogP contribution in [0.4, 0.5) is 0 Å². The van der Waals surface area contributed by atoms with Crippen LogP contribution in [0.3, 0.4) is 0 Å². The molecule has 0 aromatic rings. The number of thioether (sulfide) groups is 1. The summed E-state index contributed by atoms with van der Waals surface area (Å²) in [5.74, 6) is 3.85. The molecular formula is C19H36N4OS. The minimum Gasteiger partial charge on any atom is -0.356 e. The number of fused-ring (bicyclic) bond motifs is 2. The molecule has 0 saturated heterocycles. The molecule has 25 heavy (non-hydrogen) atoms. The molecule has 2 N–H and O–H groups in total. The fourth-order valence-electron chi connectivity index (χ4n) is 3.97. The highest BCUT2D eigenvalue weighted by atomic mass is 32.2. The van der Waals surface area contributed by atoms with Crippen LogP contribution < -0.4 is 10.6 Å². The smallest absolute Gasteiger partial charge is 0.243 e. The Morgan fingerprint density at radius 1 is 1.16 bits per heavy atom. The Labute approximate surface area is 157 Å². The van der Waals surface area contributed by atoms with E-state index in [0.29, 0.717) is 6.04 Å². The summed E-state index contributed by atoms with van der Waals surface area (Å²) in [6.45, 7) is 1.15. The highest BCUT2D eigenvalue weighted by Gasteiger charge is 2.39. The predicted octanol–water partition coefficient (Wildman–Crippen LogP) is 2.72. The van der Waals surface area contributed by atoms with Crippen LogP contribution in [0, 0.1) is 11.8 Å². The van der Waals surface area contributed by atoms with Crippen LogP contribution in [0.1, 0.15) is 51.4 Å². The second-order valence-electron chi connectivity index (χ2n) is 7.71. The van der Waals surface area contributed by atoms with Gasteiger partial charge in [-0.3, -0.25) is 4.79 Å². The summed E-state index contributed by atoms with van der Waals surface area (Å²) in [5, 5.41) is 7.07. The first-order chi connectivity index (χ1) is 12.1. The van der Waals surface area contributed by atoms with Crippen LogP contribution in [0.5, 0.6) is 0 Å². The fourth-order valence-corrected chi connectivity index (χ4v) is 4.46. The maximum atomic E-state index is 11.9. The van der Waals surface area contributed by atoms with E-state index < -0.39 is 0 Å². The van der Waals surface area contributed by atoms with Crippen molar-refractivity contribution in [1.29, 1.82) is 0 Å². The largest absolute Gasteiger partial charge is 0.356 e. The van der Waals surface area contributed by atoms with Crippen LogP contribution in [0.15, 0.2) is 4.99 Å². The summed E-state index contributed by atoms with van der Waals surface area (Å²) in [6.07, 6.45) is 12.6. The molecule has 2 saturated carbocycles. The minimum atomic E-state index is 0.0473. The second kappa shape index (κ2) is 10.9. The number of hydrogen-bond acceptors (Lipinski definition) is 3. The van der Waals surface area contributed by atoms with Gasteiger partial charge in [0.2, 0.25) is 5.91 Å². The first kappa shape index (κ1) is 20.4. The molecule has 0 aromatic heterocycles. The lowest BCUT2D eigenvalue weighted by molar-refractivity contribution is -0.127. The van der Waals surface area contributed by atoms with E-state index in [-0.39, 0.29) is 12.5 Å². The molecule has 3 unspecified atom stereocenters. The van der Waals surface area contributed by atoms with Gasteiger partial charge in [-0.15, -0.1) is 0 Å². The molecule has 1 amide bonds. The average molecular weight is 369 g/mol. The van der Waals surface area contributed by atoms with Gasteiger partial charge in [0.1, 0.15) is 6.54 Å². The Hall–Kier alpha value is -0.910. The molecule has 6 heteroatoms. The van der Waals surface area contributed by atoms with Crippen LogP contribution in [-0.2, 0) is 4.79 Å². The van der Waals surface area contributed by atoms with Crippen LogP contribution in [-0.4, -0.2) is 62.0 Å². The molecule has 0 aliphatic heterocycles. The van der Waals surface area contributed by atoms with Crippen LogP contribution >= 0.6 is 11.8 Å². The number of guanidine groups is 1. The molecule has 3 atom stereocenters.